The van der Waals surface area contributed by atoms with E-state index in [0.717, 1.165) is 12.8 Å². The van der Waals surface area contributed by atoms with E-state index in [2.05, 4.69) is 0 Å². The van der Waals surface area contributed by atoms with E-state index in [1.54, 1.807) is 6.07 Å². The molecule has 1 aromatic carbocycles. The molecule has 0 fully saturated rings. The molecule has 0 saturated carbocycles. The van der Waals surface area contributed by atoms with Gasteiger partial charge in [-0.1, -0.05) is 25.5 Å². The first-order valence-corrected chi connectivity index (χ1v) is 6.31. The first-order valence-electron chi connectivity index (χ1n) is 6.31. The van der Waals surface area contributed by atoms with E-state index in [4.69, 9.17) is 14.2 Å². The second kappa shape index (κ2) is 5.76. The number of rotatable bonds is 4. The van der Waals surface area contributed by atoms with Gasteiger partial charge in [0, 0.05) is 0 Å². The van der Waals surface area contributed by atoms with Gasteiger partial charge in [0.05, 0.1) is 6.61 Å². The Kier molecular flexibility index (Phi) is 4.07. The topological polar surface area (TPSA) is 44.8 Å². The van der Waals surface area contributed by atoms with Crippen LogP contribution in [-0.2, 0) is 9.53 Å². The largest absolute Gasteiger partial charge is 0.482 e. The predicted molar refractivity (Wildman–Crippen MR) is 66.8 cm³/mol. The Morgan fingerprint density at radius 2 is 1.94 bits per heavy atom. The fourth-order valence-electron chi connectivity index (χ4n) is 1.78. The van der Waals surface area contributed by atoms with Crippen LogP contribution in [0.4, 0.5) is 0 Å². The van der Waals surface area contributed by atoms with E-state index < -0.39 is 6.10 Å². The van der Waals surface area contributed by atoms with Crippen molar-refractivity contribution in [3.63, 3.8) is 0 Å². The summed E-state index contributed by atoms with van der Waals surface area (Å²) in [6.07, 6.45) is 0.837. The third kappa shape index (κ3) is 2.75. The van der Waals surface area contributed by atoms with Gasteiger partial charge in [0.1, 0.15) is 6.10 Å². The normalized spacial score (nSPS) is 21.4. The smallest absolute Gasteiger partial charge is 0.351 e. The molecule has 0 aromatic heterocycles. The van der Waals surface area contributed by atoms with Crippen LogP contribution in [-0.4, -0.2) is 24.8 Å². The monoisotopic (exact) mass is 250 g/mol. The van der Waals surface area contributed by atoms with Crippen molar-refractivity contribution in [2.75, 3.05) is 6.61 Å². The van der Waals surface area contributed by atoms with E-state index in [0.29, 0.717) is 18.1 Å². The van der Waals surface area contributed by atoms with Gasteiger partial charge in [0.25, 0.3) is 0 Å². The lowest BCUT2D eigenvalue weighted by molar-refractivity contribution is -0.157. The van der Waals surface area contributed by atoms with Gasteiger partial charge in [-0.3, -0.25) is 0 Å². The highest BCUT2D eigenvalue weighted by atomic mass is 16.6. The highest BCUT2D eigenvalue weighted by Gasteiger charge is 2.35. The highest BCUT2D eigenvalue weighted by molar-refractivity contribution is 5.76. The van der Waals surface area contributed by atoms with Crippen molar-refractivity contribution >= 4 is 5.97 Å². The lowest BCUT2D eigenvalue weighted by atomic mass is 10.2. The molecule has 0 spiro atoms. The molecule has 2 rings (SSSR count). The van der Waals surface area contributed by atoms with Crippen molar-refractivity contribution in [2.24, 2.45) is 0 Å². The van der Waals surface area contributed by atoms with Gasteiger partial charge in [-0.25, -0.2) is 4.79 Å². The summed E-state index contributed by atoms with van der Waals surface area (Å²) in [6, 6.07) is 7.32. The lowest BCUT2D eigenvalue weighted by Gasteiger charge is -2.30. The molecule has 1 aliphatic rings. The molecule has 0 aliphatic carbocycles. The number of carbonyl (C=O) groups excluding carboxylic acids is 1. The van der Waals surface area contributed by atoms with Gasteiger partial charge in [-0.05, 0) is 25.5 Å². The molecule has 1 aromatic rings. The molecular weight excluding hydrogens is 232 g/mol. The van der Waals surface area contributed by atoms with E-state index in [1.807, 2.05) is 32.0 Å². The maximum absolute atomic E-state index is 11.9. The summed E-state index contributed by atoms with van der Waals surface area (Å²) < 4.78 is 16.4. The van der Waals surface area contributed by atoms with Crippen LogP contribution in [0.3, 0.4) is 0 Å². The molecule has 4 nitrogen and oxygen atoms in total. The molecule has 1 heterocycles. The molecule has 0 N–H and O–H groups in total. The fraction of sp³-hybridized carbons (Fsp3) is 0.500. The summed E-state index contributed by atoms with van der Waals surface area (Å²) in [4.78, 5) is 11.9. The van der Waals surface area contributed by atoms with Crippen molar-refractivity contribution in [2.45, 2.75) is 38.9 Å². The van der Waals surface area contributed by atoms with E-state index in [1.165, 1.54) is 0 Å². The number of benzene rings is 1. The highest BCUT2D eigenvalue weighted by Crippen LogP contribution is 2.33. The Morgan fingerprint density at radius 1 is 1.28 bits per heavy atom. The molecule has 18 heavy (non-hydrogen) atoms. The van der Waals surface area contributed by atoms with Gasteiger partial charge >= 0.3 is 5.97 Å². The van der Waals surface area contributed by atoms with Crippen LogP contribution in [0, 0.1) is 0 Å². The molecule has 2 unspecified atom stereocenters. The van der Waals surface area contributed by atoms with Crippen molar-refractivity contribution in [1.82, 2.24) is 0 Å². The van der Waals surface area contributed by atoms with E-state index >= 15 is 0 Å². The van der Waals surface area contributed by atoms with Crippen LogP contribution in [0.5, 0.6) is 11.5 Å². The zero-order valence-corrected chi connectivity index (χ0v) is 10.7. The molecule has 1 aliphatic heterocycles. The zero-order valence-electron chi connectivity index (χ0n) is 10.7. The van der Waals surface area contributed by atoms with Crippen molar-refractivity contribution < 1.29 is 19.0 Å². The lowest BCUT2D eigenvalue weighted by Crippen LogP contribution is -2.44. The van der Waals surface area contributed by atoms with E-state index in [-0.39, 0.29) is 12.1 Å². The molecule has 0 radical (unpaired) electrons. The maximum atomic E-state index is 11.9. The Balaban J connectivity index is 2.00. The zero-order chi connectivity index (χ0) is 13.0. The summed E-state index contributed by atoms with van der Waals surface area (Å²) in [7, 11) is 0. The average molecular weight is 250 g/mol. The van der Waals surface area contributed by atoms with Crippen molar-refractivity contribution in [3.8, 4) is 11.5 Å². The van der Waals surface area contributed by atoms with Gasteiger partial charge in [0.15, 0.2) is 11.5 Å². The second-order valence-electron chi connectivity index (χ2n) is 4.33. The minimum atomic E-state index is -0.684. The van der Waals surface area contributed by atoms with Crippen molar-refractivity contribution in [1.29, 1.82) is 0 Å². The molecule has 2 atom stereocenters. The van der Waals surface area contributed by atoms with Gasteiger partial charge in [0.2, 0.25) is 6.10 Å². The predicted octanol–water partition coefficient (Wildman–Crippen LogP) is 2.56. The Hall–Kier alpha value is -1.71. The van der Waals surface area contributed by atoms with Crippen LogP contribution >= 0.6 is 0 Å². The summed E-state index contributed by atoms with van der Waals surface area (Å²) in [5.74, 6) is 0.904. The van der Waals surface area contributed by atoms with Crippen LogP contribution in [0.25, 0.3) is 0 Å². The maximum Gasteiger partial charge on any atom is 0.351 e. The average Bonchev–Trinajstić information content (AvgIpc) is 2.38. The van der Waals surface area contributed by atoms with Gasteiger partial charge in [-0.2, -0.15) is 0 Å². The number of unbranched alkanes of at least 4 members (excludes halogenated alkanes) is 1. The SMILES string of the molecule is CCCCOC(=O)C1Oc2ccccc2OC1C. The molecule has 98 valence electrons. The summed E-state index contributed by atoms with van der Waals surface area (Å²) >= 11 is 0. The second-order valence-corrected chi connectivity index (χ2v) is 4.33. The fourth-order valence-corrected chi connectivity index (χ4v) is 1.78. The first kappa shape index (κ1) is 12.7. The standard InChI is InChI=1S/C14H18O4/c1-3-4-9-16-14(15)13-10(2)17-11-7-5-6-8-12(11)18-13/h5-8,10,13H,3-4,9H2,1-2H3. The number of para-hydroxylation sites is 2. The molecule has 0 amide bonds. The van der Waals surface area contributed by atoms with Gasteiger partial charge < -0.3 is 14.2 Å². The molecule has 0 saturated heterocycles. The third-order valence-corrected chi connectivity index (χ3v) is 2.82. The van der Waals surface area contributed by atoms with Crippen LogP contribution < -0.4 is 9.47 Å². The first-order chi connectivity index (χ1) is 8.72. The number of hydrogen-bond donors (Lipinski definition) is 0. The third-order valence-electron chi connectivity index (χ3n) is 2.82. The summed E-state index contributed by atoms with van der Waals surface area (Å²) in [5.41, 5.74) is 0. The minimum absolute atomic E-state index is 0.339. The summed E-state index contributed by atoms with van der Waals surface area (Å²) in [5, 5.41) is 0. The number of carbonyl (C=O) groups is 1. The molecule has 0 bridgehead atoms. The van der Waals surface area contributed by atoms with Crippen LogP contribution in [0.2, 0.25) is 0 Å². The number of hydrogen-bond acceptors (Lipinski definition) is 4. The number of esters is 1. The summed E-state index contributed by atoms with van der Waals surface area (Å²) in [6.45, 7) is 4.29. The number of ether oxygens (including phenoxy) is 3. The quantitative estimate of drug-likeness (QED) is 0.608. The van der Waals surface area contributed by atoms with Gasteiger partial charge in [-0.15, -0.1) is 0 Å². The van der Waals surface area contributed by atoms with E-state index in [9.17, 15) is 4.79 Å². The minimum Gasteiger partial charge on any atom is -0.482 e. The number of fused-ring (bicyclic) bond motifs is 1. The molecular formula is C14H18O4. The molecule has 4 heteroatoms. The Morgan fingerprint density at radius 3 is 2.61 bits per heavy atom. The van der Waals surface area contributed by atoms with Crippen LogP contribution in [0.1, 0.15) is 26.7 Å². The van der Waals surface area contributed by atoms with Crippen LogP contribution in [0.15, 0.2) is 24.3 Å². The Labute approximate surface area is 107 Å². The Bertz CT molecular complexity index is 416. The van der Waals surface area contributed by atoms with Crippen molar-refractivity contribution in [3.05, 3.63) is 24.3 Å².